The van der Waals surface area contributed by atoms with E-state index in [-0.39, 0.29) is 12.2 Å². The van der Waals surface area contributed by atoms with E-state index in [1.807, 2.05) is 24.3 Å². The standard InChI is InChI=1S/C28H39N5O2/c1-3-4-15-24-32-25-26(22-13-7-8-14-23(22)31-27(25)29)33(24)19-10-9-18-30-28(34)35-21-12-6-5-11-20(2)16-17-21/h6-8,12-14,20-21H,3-5,9-11,15-19H2,1-2H3,(H2,29,31)(H,30,34)/b12-6+/t20?,21-/m0/s1. The summed E-state index contributed by atoms with van der Waals surface area (Å²) in [6.07, 6.45) is 12.9. The highest BCUT2D eigenvalue weighted by atomic mass is 16.6. The van der Waals surface area contributed by atoms with Gasteiger partial charge in [0, 0.05) is 24.9 Å². The molecule has 2 heterocycles. The lowest BCUT2D eigenvalue weighted by Crippen LogP contribution is -2.29. The predicted molar refractivity (Wildman–Crippen MR) is 142 cm³/mol. The number of alkyl carbamates (subject to hydrolysis) is 1. The number of nitrogens with one attached hydrogen (secondary N) is 1. The van der Waals surface area contributed by atoms with Crippen LogP contribution in [-0.2, 0) is 17.7 Å². The zero-order valence-corrected chi connectivity index (χ0v) is 21.1. The molecule has 7 heteroatoms. The highest BCUT2D eigenvalue weighted by Gasteiger charge is 2.17. The van der Waals surface area contributed by atoms with E-state index in [2.05, 4.69) is 40.9 Å². The molecule has 0 fully saturated rings. The van der Waals surface area contributed by atoms with Crippen molar-refractivity contribution in [3.63, 3.8) is 0 Å². The van der Waals surface area contributed by atoms with Gasteiger partial charge in [-0.25, -0.2) is 14.8 Å². The molecule has 3 aromatic rings. The van der Waals surface area contributed by atoms with Crippen molar-refractivity contribution in [2.75, 3.05) is 12.3 Å². The summed E-state index contributed by atoms with van der Waals surface area (Å²) in [6.45, 7) is 5.87. The minimum Gasteiger partial charge on any atom is -0.442 e. The molecule has 0 saturated carbocycles. The Kier molecular flexibility index (Phi) is 8.61. The number of ether oxygens (including phenoxy) is 1. The first kappa shape index (κ1) is 25.0. The second kappa shape index (κ2) is 12.0. The molecule has 0 radical (unpaired) electrons. The van der Waals surface area contributed by atoms with Crippen LogP contribution in [-0.4, -0.2) is 33.3 Å². The van der Waals surface area contributed by atoms with Crippen molar-refractivity contribution in [2.45, 2.75) is 84.3 Å². The van der Waals surface area contributed by atoms with Gasteiger partial charge in [0.25, 0.3) is 0 Å². The van der Waals surface area contributed by atoms with E-state index in [4.69, 9.17) is 15.5 Å². The molecule has 0 saturated heterocycles. The summed E-state index contributed by atoms with van der Waals surface area (Å²) in [5, 5.41) is 4.01. The molecule has 35 heavy (non-hydrogen) atoms. The van der Waals surface area contributed by atoms with Crippen LogP contribution in [0.15, 0.2) is 36.4 Å². The van der Waals surface area contributed by atoms with Crippen LogP contribution < -0.4 is 11.1 Å². The number of unbranched alkanes of at least 4 members (excludes halogenated alkanes) is 2. The van der Waals surface area contributed by atoms with Crippen LogP contribution in [0.1, 0.15) is 71.0 Å². The molecular weight excluding hydrogens is 438 g/mol. The van der Waals surface area contributed by atoms with Gasteiger partial charge < -0.3 is 20.4 Å². The van der Waals surface area contributed by atoms with E-state index in [1.54, 1.807) is 0 Å². The Bertz CT molecular complexity index is 1170. The number of pyridine rings is 1. The second-order valence-corrected chi connectivity index (χ2v) is 9.76. The summed E-state index contributed by atoms with van der Waals surface area (Å²) in [4.78, 5) is 21.8. The maximum absolute atomic E-state index is 12.3. The SMILES string of the molecule is CCCCc1nc2c(N)nc3ccccc3c2n1CCCCNC(=O)O[C@H]1/C=C/CCC(C)CC1. The Morgan fingerprint density at radius 1 is 1.17 bits per heavy atom. The number of para-hydroxylation sites is 1. The minimum atomic E-state index is -0.325. The molecule has 2 aromatic heterocycles. The van der Waals surface area contributed by atoms with E-state index >= 15 is 0 Å². The topological polar surface area (TPSA) is 95.1 Å². The van der Waals surface area contributed by atoms with E-state index in [1.165, 1.54) is 6.42 Å². The van der Waals surface area contributed by atoms with Crippen LogP contribution in [0.3, 0.4) is 0 Å². The lowest BCUT2D eigenvalue weighted by Gasteiger charge is -2.19. The number of nitrogens with zero attached hydrogens (tertiary/aromatic N) is 3. The number of hydrogen-bond donors (Lipinski definition) is 2. The van der Waals surface area contributed by atoms with Crippen molar-refractivity contribution < 1.29 is 9.53 Å². The van der Waals surface area contributed by atoms with Crippen LogP contribution in [0.25, 0.3) is 21.9 Å². The van der Waals surface area contributed by atoms with Gasteiger partial charge in [-0.2, -0.15) is 0 Å². The summed E-state index contributed by atoms with van der Waals surface area (Å²) in [7, 11) is 0. The fourth-order valence-corrected chi connectivity index (χ4v) is 4.85. The average molecular weight is 478 g/mol. The molecule has 188 valence electrons. The summed E-state index contributed by atoms with van der Waals surface area (Å²) < 4.78 is 7.95. The van der Waals surface area contributed by atoms with E-state index in [9.17, 15) is 4.79 Å². The second-order valence-electron chi connectivity index (χ2n) is 9.76. The molecule has 0 spiro atoms. The molecule has 0 aliphatic heterocycles. The molecule has 0 bridgehead atoms. The van der Waals surface area contributed by atoms with Gasteiger partial charge >= 0.3 is 6.09 Å². The summed E-state index contributed by atoms with van der Waals surface area (Å²) in [6, 6.07) is 8.10. The molecule has 1 aliphatic carbocycles. The number of aryl methyl sites for hydroxylation is 2. The third-order valence-electron chi connectivity index (χ3n) is 6.90. The largest absolute Gasteiger partial charge is 0.442 e. The number of nitrogen functional groups attached to an aromatic ring is 1. The maximum atomic E-state index is 12.3. The van der Waals surface area contributed by atoms with Crippen molar-refractivity contribution >= 4 is 33.8 Å². The van der Waals surface area contributed by atoms with Crippen molar-refractivity contribution in [3.05, 3.63) is 42.2 Å². The van der Waals surface area contributed by atoms with Crippen LogP contribution >= 0.6 is 0 Å². The third kappa shape index (κ3) is 6.32. The van der Waals surface area contributed by atoms with Crippen molar-refractivity contribution in [1.29, 1.82) is 0 Å². The number of imidazole rings is 1. The predicted octanol–water partition coefficient (Wildman–Crippen LogP) is 6.15. The summed E-state index contributed by atoms with van der Waals surface area (Å²) >= 11 is 0. The van der Waals surface area contributed by atoms with Gasteiger partial charge in [0.1, 0.15) is 17.4 Å². The van der Waals surface area contributed by atoms with Gasteiger partial charge in [0.15, 0.2) is 5.82 Å². The number of anilines is 1. The number of benzene rings is 1. The Morgan fingerprint density at radius 3 is 2.89 bits per heavy atom. The van der Waals surface area contributed by atoms with Crippen molar-refractivity contribution in [3.8, 4) is 0 Å². The number of rotatable bonds is 9. The van der Waals surface area contributed by atoms with E-state index < -0.39 is 0 Å². The molecule has 7 nitrogen and oxygen atoms in total. The number of amides is 1. The first-order chi connectivity index (χ1) is 17.1. The van der Waals surface area contributed by atoms with E-state index in [0.29, 0.717) is 18.3 Å². The molecule has 1 aliphatic rings. The third-order valence-corrected chi connectivity index (χ3v) is 6.90. The zero-order valence-electron chi connectivity index (χ0n) is 21.1. The van der Waals surface area contributed by atoms with Crippen molar-refractivity contribution in [1.82, 2.24) is 19.9 Å². The van der Waals surface area contributed by atoms with E-state index in [0.717, 1.165) is 85.7 Å². The number of carbonyl (C=O) groups excluding carboxylic acids is 1. The number of carbonyl (C=O) groups is 1. The molecule has 3 N–H and O–H groups in total. The lowest BCUT2D eigenvalue weighted by atomic mass is 9.95. The normalized spacial score (nSPS) is 19.4. The summed E-state index contributed by atoms with van der Waals surface area (Å²) in [5.41, 5.74) is 9.04. The van der Waals surface area contributed by atoms with Crippen LogP contribution in [0.4, 0.5) is 10.6 Å². The molecular formula is C28H39N5O2. The quantitative estimate of drug-likeness (QED) is 0.285. The Labute approximate surface area is 208 Å². The lowest BCUT2D eigenvalue weighted by molar-refractivity contribution is 0.111. The number of hydrogen-bond acceptors (Lipinski definition) is 5. The number of allylic oxidation sites excluding steroid dienone is 1. The molecule has 4 rings (SSSR count). The number of fused-ring (bicyclic) bond motifs is 3. The Hall–Kier alpha value is -3.09. The Balaban J connectivity index is 1.37. The number of aromatic nitrogens is 3. The number of nitrogens with two attached hydrogens (primary N) is 1. The van der Waals surface area contributed by atoms with Gasteiger partial charge in [-0.1, -0.05) is 44.5 Å². The zero-order chi connectivity index (χ0) is 24.6. The smallest absolute Gasteiger partial charge is 0.407 e. The fraction of sp³-hybridized carbons (Fsp3) is 0.536. The summed E-state index contributed by atoms with van der Waals surface area (Å²) in [5.74, 6) is 2.22. The molecule has 2 atom stereocenters. The van der Waals surface area contributed by atoms with Crippen molar-refractivity contribution in [2.24, 2.45) is 5.92 Å². The highest BCUT2D eigenvalue weighted by molar-refractivity contribution is 6.06. The van der Waals surface area contributed by atoms with Gasteiger partial charge in [0.05, 0.1) is 11.0 Å². The van der Waals surface area contributed by atoms with Crippen LogP contribution in [0.5, 0.6) is 0 Å². The Morgan fingerprint density at radius 2 is 2.03 bits per heavy atom. The molecule has 1 unspecified atom stereocenters. The van der Waals surface area contributed by atoms with Crippen LogP contribution in [0.2, 0.25) is 0 Å². The molecule has 1 amide bonds. The van der Waals surface area contributed by atoms with Gasteiger partial charge in [-0.05, 0) is 63.0 Å². The average Bonchev–Trinajstić information content (AvgIpc) is 3.21. The molecule has 1 aromatic carbocycles. The first-order valence-electron chi connectivity index (χ1n) is 13.2. The van der Waals surface area contributed by atoms with Gasteiger partial charge in [0.2, 0.25) is 0 Å². The fourth-order valence-electron chi connectivity index (χ4n) is 4.85. The minimum absolute atomic E-state index is 0.122. The van der Waals surface area contributed by atoms with Gasteiger partial charge in [-0.15, -0.1) is 0 Å². The maximum Gasteiger partial charge on any atom is 0.407 e. The first-order valence-corrected chi connectivity index (χ1v) is 13.2. The highest BCUT2D eigenvalue weighted by Crippen LogP contribution is 2.29. The van der Waals surface area contributed by atoms with Crippen LogP contribution in [0, 0.1) is 5.92 Å². The van der Waals surface area contributed by atoms with Gasteiger partial charge in [-0.3, -0.25) is 0 Å². The monoisotopic (exact) mass is 477 g/mol.